The zero-order valence-corrected chi connectivity index (χ0v) is 11.4. The lowest BCUT2D eigenvalue weighted by molar-refractivity contribution is -0.119. The predicted octanol–water partition coefficient (Wildman–Crippen LogP) is 1.66. The number of hydrogen-bond acceptors (Lipinski definition) is 3. The molecule has 2 aromatic rings. The van der Waals surface area contributed by atoms with Crippen LogP contribution in [0.5, 0.6) is 0 Å². The third-order valence-corrected chi connectivity index (χ3v) is 2.90. The Hall–Kier alpha value is -1.94. The van der Waals surface area contributed by atoms with Gasteiger partial charge in [0.25, 0.3) is 0 Å². The monoisotopic (exact) mass is 257 g/mol. The Morgan fingerprint density at radius 1 is 1.26 bits per heavy atom. The number of carbonyl (C=O) groups excluding carboxylic acids is 1. The third kappa shape index (κ3) is 4.34. The lowest BCUT2D eigenvalue weighted by atomic mass is 10.1. The molecule has 0 radical (unpaired) electrons. The molecule has 0 N–H and O–H groups in total. The standard InChI is InChI=1S/C15H19N3O/c1-17(10-14-9-16-18(2)11-14)12-15(19)8-13-6-4-3-5-7-13/h3-7,9,11H,8,10,12H2,1-2H3. The van der Waals surface area contributed by atoms with Crippen molar-refractivity contribution in [2.24, 2.45) is 7.05 Å². The Morgan fingerprint density at radius 2 is 2.00 bits per heavy atom. The fourth-order valence-corrected chi connectivity index (χ4v) is 2.10. The molecule has 0 atom stereocenters. The second kappa shape index (κ2) is 6.29. The van der Waals surface area contributed by atoms with Crippen LogP contribution in [0.3, 0.4) is 0 Å². The molecule has 0 bridgehead atoms. The molecule has 19 heavy (non-hydrogen) atoms. The van der Waals surface area contributed by atoms with Gasteiger partial charge in [-0.15, -0.1) is 0 Å². The Bertz CT molecular complexity index is 533. The van der Waals surface area contributed by atoms with Gasteiger partial charge in [-0.2, -0.15) is 5.10 Å². The number of likely N-dealkylation sites (N-methyl/N-ethyl adjacent to an activating group) is 1. The molecule has 4 nitrogen and oxygen atoms in total. The van der Waals surface area contributed by atoms with E-state index in [0.29, 0.717) is 13.0 Å². The van der Waals surface area contributed by atoms with Gasteiger partial charge in [0.15, 0.2) is 5.78 Å². The average Bonchev–Trinajstić information content (AvgIpc) is 2.75. The van der Waals surface area contributed by atoms with Gasteiger partial charge < -0.3 is 0 Å². The molecule has 0 amide bonds. The molecule has 0 spiro atoms. The molecule has 1 aromatic heterocycles. The summed E-state index contributed by atoms with van der Waals surface area (Å²) in [6.07, 6.45) is 4.30. The van der Waals surface area contributed by atoms with E-state index in [2.05, 4.69) is 5.10 Å². The summed E-state index contributed by atoms with van der Waals surface area (Å²) in [4.78, 5) is 14.0. The average molecular weight is 257 g/mol. The first-order valence-electron chi connectivity index (χ1n) is 6.35. The first-order chi connectivity index (χ1) is 9.13. The van der Waals surface area contributed by atoms with Crippen molar-refractivity contribution in [3.05, 3.63) is 53.9 Å². The van der Waals surface area contributed by atoms with Crippen LogP contribution in [0.25, 0.3) is 0 Å². The first-order valence-corrected chi connectivity index (χ1v) is 6.35. The Labute approximate surface area is 113 Å². The number of hydrogen-bond donors (Lipinski definition) is 0. The summed E-state index contributed by atoms with van der Waals surface area (Å²) >= 11 is 0. The van der Waals surface area contributed by atoms with Gasteiger partial charge in [-0.1, -0.05) is 30.3 Å². The van der Waals surface area contributed by atoms with E-state index < -0.39 is 0 Å². The van der Waals surface area contributed by atoms with Crippen molar-refractivity contribution in [1.29, 1.82) is 0 Å². The summed E-state index contributed by atoms with van der Waals surface area (Å²) in [5.41, 5.74) is 2.19. The van der Waals surface area contributed by atoms with E-state index in [9.17, 15) is 4.79 Å². The van der Waals surface area contributed by atoms with Crippen molar-refractivity contribution in [3.8, 4) is 0 Å². The van der Waals surface area contributed by atoms with E-state index in [-0.39, 0.29) is 5.78 Å². The quantitative estimate of drug-likeness (QED) is 0.790. The lowest BCUT2D eigenvalue weighted by Crippen LogP contribution is -2.26. The number of nitrogens with zero attached hydrogens (tertiary/aromatic N) is 3. The number of aromatic nitrogens is 2. The van der Waals surface area contributed by atoms with E-state index in [1.807, 2.05) is 61.7 Å². The maximum Gasteiger partial charge on any atom is 0.151 e. The van der Waals surface area contributed by atoms with Crippen LogP contribution < -0.4 is 0 Å². The van der Waals surface area contributed by atoms with Crippen molar-refractivity contribution in [2.75, 3.05) is 13.6 Å². The van der Waals surface area contributed by atoms with Crippen LogP contribution in [0.2, 0.25) is 0 Å². The van der Waals surface area contributed by atoms with Gasteiger partial charge in [0.2, 0.25) is 0 Å². The smallest absolute Gasteiger partial charge is 0.151 e. The number of Topliss-reactive ketones (excluding diaryl/α,β-unsaturated/α-hetero) is 1. The second-order valence-electron chi connectivity index (χ2n) is 4.90. The molecule has 0 aliphatic carbocycles. The number of aryl methyl sites for hydroxylation is 1. The molecule has 4 heteroatoms. The second-order valence-corrected chi connectivity index (χ2v) is 4.90. The molecule has 0 unspecified atom stereocenters. The topological polar surface area (TPSA) is 38.1 Å². The summed E-state index contributed by atoms with van der Waals surface area (Å²) in [6, 6.07) is 9.85. The van der Waals surface area contributed by atoms with Crippen molar-refractivity contribution in [1.82, 2.24) is 14.7 Å². The van der Waals surface area contributed by atoms with Gasteiger partial charge >= 0.3 is 0 Å². The normalized spacial score (nSPS) is 10.9. The minimum Gasteiger partial charge on any atom is -0.298 e. The first kappa shape index (κ1) is 13.5. The summed E-state index contributed by atoms with van der Waals surface area (Å²) in [5.74, 6) is 0.234. The van der Waals surface area contributed by atoms with E-state index in [4.69, 9.17) is 0 Å². The highest BCUT2D eigenvalue weighted by molar-refractivity contribution is 5.82. The van der Waals surface area contributed by atoms with Crippen molar-refractivity contribution in [2.45, 2.75) is 13.0 Å². The van der Waals surface area contributed by atoms with Crippen LogP contribution in [0, 0.1) is 0 Å². The van der Waals surface area contributed by atoms with Crippen LogP contribution in [-0.4, -0.2) is 34.1 Å². The molecular formula is C15H19N3O. The zero-order chi connectivity index (χ0) is 13.7. The molecular weight excluding hydrogens is 238 g/mol. The maximum absolute atomic E-state index is 12.0. The van der Waals surface area contributed by atoms with Crippen LogP contribution in [0.15, 0.2) is 42.7 Å². The minimum absolute atomic E-state index is 0.234. The molecule has 1 heterocycles. The van der Waals surface area contributed by atoms with Gasteiger partial charge in [0.05, 0.1) is 12.7 Å². The van der Waals surface area contributed by atoms with Crippen molar-refractivity contribution < 1.29 is 4.79 Å². The maximum atomic E-state index is 12.0. The fourth-order valence-electron chi connectivity index (χ4n) is 2.10. The van der Waals surface area contributed by atoms with Crippen LogP contribution in [-0.2, 0) is 24.8 Å². The van der Waals surface area contributed by atoms with Crippen molar-refractivity contribution >= 4 is 5.78 Å². The highest BCUT2D eigenvalue weighted by atomic mass is 16.1. The fraction of sp³-hybridized carbons (Fsp3) is 0.333. The number of carbonyl (C=O) groups is 1. The molecule has 0 saturated carbocycles. The lowest BCUT2D eigenvalue weighted by Gasteiger charge is -2.14. The van der Waals surface area contributed by atoms with Crippen molar-refractivity contribution in [3.63, 3.8) is 0 Å². The summed E-state index contributed by atoms with van der Waals surface area (Å²) in [5, 5.41) is 4.12. The van der Waals surface area contributed by atoms with E-state index in [1.54, 1.807) is 4.68 Å². The molecule has 100 valence electrons. The van der Waals surface area contributed by atoms with Gasteiger partial charge in [-0.3, -0.25) is 14.4 Å². The molecule has 0 aliphatic rings. The summed E-state index contributed by atoms with van der Waals surface area (Å²) in [6.45, 7) is 1.21. The van der Waals surface area contributed by atoms with E-state index >= 15 is 0 Å². The molecule has 0 fully saturated rings. The van der Waals surface area contributed by atoms with Gasteiger partial charge in [-0.05, 0) is 12.6 Å². The number of rotatable bonds is 6. The largest absolute Gasteiger partial charge is 0.298 e. The van der Waals surface area contributed by atoms with E-state index in [1.165, 1.54) is 0 Å². The molecule has 0 saturated heterocycles. The summed E-state index contributed by atoms with van der Waals surface area (Å²) < 4.78 is 1.77. The van der Waals surface area contributed by atoms with E-state index in [0.717, 1.165) is 17.7 Å². The van der Waals surface area contributed by atoms with Gasteiger partial charge in [0, 0.05) is 31.8 Å². The summed E-state index contributed by atoms with van der Waals surface area (Å²) in [7, 11) is 3.85. The van der Waals surface area contributed by atoms with Crippen LogP contribution >= 0.6 is 0 Å². The van der Waals surface area contributed by atoms with Crippen LogP contribution in [0.4, 0.5) is 0 Å². The number of benzene rings is 1. The molecule has 0 aliphatic heterocycles. The minimum atomic E-state index is 0.234. The Balaban J connectivity index is 1.82. The Morgan fingerprint density at radius 3 is 2.63 bits per heavy atom. The molecule has 2 rings (SSSR count). The van der Waals surface area contributed by atoms with Crippen LogP contribution in [0.1, 0.15) is 11.1 Å². The number of ketones is 1. The zero-order valence-electron chi connectivity index (χ0n) is 11.4. The van der Waals surface area contributed by atoms with Gasteiger partial charge in [-0.25, -0.2) is 0 Å². The highest BCUT2D eigenvalue weighted by Crippen LogP contribution is 2.04. The highest BCUT2D eigenvalue weighted by Gasteiger charge is 2.08. The molecule has 1 aromatic carbocycles. The SMILES string of the molecule is CN(CC(=O)Cc1ccccc1)Cc1cnn(C)c1. The predicted molar refractivity (Wildman–Crippen MR) is 74.7 cm³/mol. The van der Waals surface area contributed by atoms with Gasteiger partial charge in [0.1, 0.15) is 0 Å². The Kier molecular flexibility index (Phi) is 4.47. The third-order valence-electron chi connectivity index (χ3n) is 2.90.